The van der Waals surface area contributed by atoms with Crippen LogP contribution in [0.2, 0.25) is 0 Å². The number of hydrogen-bond acceptors (Lipinski definition) is 5. The molecule has 108 valence electrons. The summed E-state index contributed by atoms with van der Waals surface area (Å²) in [6, 6.07) is 9.14. The maximum absolute atomic E-state index is 11.9. The van der Waals surface area contributed by atoms with E-state index in [-0.39, 0.29) is 22.5 Å². The SMILES string of the molecule is Cc1nc(Oc2ccc(Br)cc2)c(C#N)c2nc[nH]c(=O)c12. The van der Waals surface area contributed by atoms with E-state index in [0.717, 1.165) is 4.47 Å². The van der Waals surface area contributed by atoms with Gasteiger partial charge in [-0.05, 0) is 31.2 Å². The first-order valence-corrected chi connectivity index (χ1v) is 7.11. The predicted octanol–water partition coefficient (Wildman–Crippen LogP) is 3.05. The lowest BCUT2D eigenvalue weighted by molar-refractivity contribution is 0.461. The van der Waals surface area contributed by atoms with Crippen molar-refractivity contribution in [2.24, 2.45) is 0 Å². The summed E-state index contributed by atoms with van der Waals surface area (Å²) in [5.74, 6) is 0.670. The first-order valence-electron chi connectivity index (χ1n) is 6.31. The van der Waals surface area contributed by atoms with Gasteiger partial charge < -0.3 is 9.72 Å². The lowest BCUT2D eigenvalue weighted by atomic mass is 10.1. The van der Waals surface area contributed by atoms with Gasteiger partial charge in [-0.1, -0.05) is 15.9 Å². The zero-order valence-electron chi connectivity index (χ0n) is 11.4. The number of halogens is 1. The Labute approximate surface area is 133 Å². The summed E-state index contributed by atoms with van der Waals surface area (Å²) < 4.78 is 6.59. The van der Waals surface area contributed by atoms with E-state index in [4.69, 9.17) is 4.74 Å². The minimum atomic E-state index is -0.332. The van der Waals surface area contributed by atoms with Gasteiger partial charge in [-0.25, -0.2) is 9.97 Å². The average Bonchev–Trinajstić information content (AvgIpc) is 2.50. The second kappa shape index (κ2) is 5.58. The highest BCUT2D eigenvalue weighted by molar-refractivity contribution is 9.10. The number of hydrogen-bond donors (Lipinski definition) is 1. The molecule has 1 aromatic carbocycles. The van der Waals surface area contributed by atoms with Crippen LogP contribution in [-0.2, 0) is 0 Å². The van der Waals surface area contributed by atoms with Gasteiger partial charge in [0, 0.05) is 4.47 Å². The first-order chi connectivity index (χ1) is 10.6. The van der Waals surface area contributed by atoms with Gasteiger partial charge in [-0.15, -0.1) is 0 Å². The third-order valence-corrected chi connectivity index (χ3v) is 3.60. The number of benzene rings is 1. The van der Waals surface area contributed by atoms with Crippen LogP contribution in [0.4, 0.5) is 0 Å². The van der Waals surface area contributed by atoms with Crippen LogP contribution in [0.1, 0.15) is 11.3 Å². The molecule has 0 saturated carbocycles. The van der Waals surface area contributed by atoms with Crippen molar-refractivity contribution in [2.75, 3.05) is 0 Å². The van der Waals surface area contributed by atoms with Crippen LogP contribution < -0.4 is 10.3 Å². The van der Waals surface area contributed by atoms with E-state index < -0.39 is 0 Å². The number of nitrogens with one attached hydrogen (secondary N) is 1. The summed E-state index contributed by atoms with van der Waals surface area (Å²) >= 11 is 3.34. The number of ether oxygens (including phenoxy) is 1. The molecular formula is C15H9BrN4O2. The average molecular weight is 357 g/mol. The third kappa shape index (κ3) is 2.44. The molecule has 6 nitrogen and oxygen atoms in total. The minimum Gasteiger partial charge on any atom is -0.438 e. The lowest BCUT2D eigenvalue weighted by Gasteiger charge is -2.09. The van der Waals surface area contributed by atoms with Crippen LogP contribution in [0.15, 0.2) is 39.9 Å². The molecule has 0 bridgehead atoms. The number of pyridine rings is 1. The second-order valence-electron chi connectivity index (χ2n) is 4.50. The topological polar surface area (TPSA) is 91.7 Å². The highest BCUT2D eigenvalue weighted by atomic mass is 79.9. The van der Waals surface area contributed by atoms with Crippen molar-refractivity contribution in [3.63, 3.8) is 0 Å². The number of H-pyrrole nitrogens is 1. The molecule has 0 aliphatic heterocycles. The van der Waals surface area contributed by atoms with Crippen LogP contribution in [0, 0.1) is 18.3 Å². The Hall–Kier alpha value is -2.72. The summed E-state index contributed by atoms with van der Waals surface area (Å²) in [4.78, 5) is 22.7. The standard InChI is InChI=1S/C15H9BrN4O2/c1-8-12-13(18-7-19-14(12)21)11(6-17)15(20-8)22-10-4-2-9(16)3-5-10/h2-5,7H,1H3,(H,18,19,21). The van der Waals surface area contributed by atoms with E-state index in [1.54, 1.807) is 19.1 Å². The number of aromatic nitrogens is 3. The van der Waals surface area contributed by atoms with Crippen molar-refractivity contribution in [3.05, 3.63) is 56.7 Å². The van der Waals surface area contributed by atoms with E-state index in [9.17, 15) is 10.1 Å². The van der Waals surface area contributed by atoms with Crippen molar-refractivity contribution >= 4 is 26.8 Å². The number of nitrogens with zero attached hydrogens (tertiary/aromatic N) is 3. The number of fused-ring (bicyclic) bond motifs is 1. The molecule has 3 rings (SSSR count). The summed E-state index contributed by atoms with van der Waals surface area (Å²) in [6.45, 7) is 1.68. The number of nitriles is 1. The normalized spacial score (nSPS) is 10.4. The highest BCUT2D eigenvalue weighted by Crippen LogP contribution is 2.28. The molecule has 0 radical (unpaired) electrons. The lowest BCUT2D eigenvalue weighted by Crippen LogP contribution is -2.10. The van der Waals surface area contributed by atoms with Crippen LogP contribution in [0.3, 0.4) is 0 Å². The Kier molecular flexibility index (Phi) is 3.61. The van der Waals surface area contributed by atoms with Gasteiger partial charge in [0.1, 0.15) is 22.9 Å². The van der Waals surface area contributed by atoms with Crippen molar-refractivity contribution in [1.29, 1.82) is 5.26 Å². The molecule has 0 fully saturated rings. The Morgan fingerprint density at radius 1 is 1.32 bits per heavy atom. The summed E-state index contributed by atoms with van der Waals surface area (Å²) in [5, 5.41) is 9.68. The molecule has 2 heterocycles. The Morgan fingerprint density at radius 3 is 2.73 bits per heavy atom. The summed E-state index contributed by atoms with van der Waals surface area (Å²) in [6.07, 6.45) is 1.26. The van der Waals surface area contributed by atoms with E-state index in [2.05, 4.69) is 30.9 Å². The molecule has 7 heteroatoms. The quantitative estimate of drug-likeness (QED) is 0.761. The Balaban J connectivity index is 2.20. The molecule has 0 saturated heterocycles. The van der Waals surface area contributed by atoms with E-state index in [0.29, 0.717) is 16.8 Å². The van der Waals surface area contributed by atoms with Gasteiger partial charge in [0.05, 0.1) is 17.4 Å². The zero-order valence-corrected chi connectivity index (χ0v) is 13.0. The second-order valence-corrected chi connectivity index (χ2v) is 5.42. The maximum Gasteiger partial charge on any atom is 0.260 e. The Morgan fingerprint density at radius 2 is 2.05 bits per heavy atom. The molecule has 0 unspecified atom stereocenters. The third-order valence-electron chi connectivity index (χ3n) is 3.07. The van der Waals surface area contributed by atoms with E-state index in [1.165, 1.54) is 6.33 Å². The molecule has 0 atom stereocenters. The smallest absolute Gasteiger partial charge is 0.260 e. The highest BCUT2D eigenvalue weighted by Gasteiger charge is 2.17. The van der Waals surface area contributed by atoms with Crippen LogP contribution in [-0.4, -0.2) is 15.0 Å². The molecular weight excluding hydrogens is 348 g/mol. The van der Waals surface area contributed by atoms with Crippen LogP contribution in [0.5, 0.6) is 11.6 Å². The van der Waals surface area contributed by atoms with Gasteiger partial charge in [-0.3, -0.25) is 4.79 Å². The van der Waals surface area contributed by atoms with Crippen molar-refractivity contribution < 1.29 is 4.74 Å². The van der Waals surface area contributed by atoms with Gasteiger partial charge in [0.25, 0.3) is 5.56 Å². The van der Waals surface area contributed by atoms with Gasteiger partial charge >= 0.3 is 0 Å². The molecule has 0 amide bonds. The Bertz CT molecular complexity index is 958. The van der Waals surface area contributed by atoms with E-state index >= 15 is 0 Å². The number of rotatable bonds is 2. The minimum absolute atomic E-state index is 0.132. The molecule has 0 spiro atoms. The van der Waals surface area contributed by atoms with Gasteiger partial charge in [-0.2, -0.15) is 5.26 Å². The molecule has 1 N–H and O–H groups in total. The fourth-order valence-corrected chi connectivity index (χ4v) is 2.34. The van der Waals surface area contributed by atoms with E-state index in [1.807, 2.05) is 18.2 Å². The number of aryl methyl sites for hydroxylation is 1. The van der Waals surface area contributed by atoms with Gasteiger partial charge in [0.15, 0.2) is 0 Å². The van der Waals surface area contributed by atoms with Crippen LogP contribution >= 0.6 is 15.9 Å². The van der Waals surface area contributed by atoms with Crippen molar-refractivity contribution in [2.45, 2.75) is 6.92 Å². The fourth-order valence-electron chi connectivity index (χ4n) is 2.08. The zero-order chi connectivity index (χ0) is 15.7. The molecule has 0 aliphatic rings. The summed E-state index contributed by atoms with van der Waals surface area (Å²) in [5.41, 5.74) is 0.539. The molecule has 22 heavy (non-hydrogen) atoms. The van der Waals surface area contributed by atoms with Crippen LogP contribution in [0.25, 0.3) is 10.9 Å². The fraction of sp³-hybridized carbons (Fsp3) is 0.0667. The maximum atomic E-state index is 11.9. The first kappa shape index (κ1) is 14.2. The molecule has 3 aromatic rings. The number of aromatic amines is 1. The molecule has 0 aliphatic carbocycles. The largest absolute Gasteiger partial charge is 0.438 e. The van der Waals surface area contributed by atoms with Crippen molar-refractivity contribution in [3.8, 4) is 17.7 Å². The molecule has 2 aromatic heterocycles. The van der Waals surface area contributed by atoms with Gasteiger partial charge in [0.2, 0.25) is 5.88 Å². The summed E-state index contributed by atoms with van der Waals surface area (Å²) in [7, 11) is 0. The predicted molar refractivity (Wildman–Crippen MR) is 83.8 cm³/mol. The van der Waals surface area contributed by atoms with Crippen molar-refractivity contribution in [1.82, 2.24) is 15.0 Å². The monoisotopic (exact) mass is 356 g/mol.